The maximum absolute atomic E-state index is 13.0. The molecule has 8 heteroatoms. The van der Waals surface area contributed by atoms with Gasteiger partial charge in [-0.3, -0.25) is 14.5 Å². The van der Waals surface area contributed by atoms with Gasteiger partial charge in [0.05, 0.1) is 25.5 Å². The van der Waals surface area contributed by atoms with Gasteiger partial charge in [-0.25, -0.2) is 13.1 Å². The van der Waals surface area contributed by atoms with E-state index in [0.717, 1.165) is 31.2 Å². The molecule has 7 nitrogen and oxygen atoms in total. The van der Waals surface area contributed by atoms with Gasteiger partial charge in [0.1, 0.15) is 10.6 Å². The van der Waals surface area contributed by atoms with Crippen molar-refractivity contribution in [2.45, 2.75) is 43.7 Å². The molecule has 2 atom stereocenters. The molecule has 2 fully saturated rings. The van der Waals surface area contributed by atoms with Gasteiger partial charge in [0.2, 0.25) is 21.8 Å². The smallest absolute Gasteiger partial charge is 0.244 e. The van der Waals surface area contributed by atoms with E-state index < -0.39 is 10.0 Å². The zero-order valence-corrected chi connectivity index (χ0v) is 18.2. The second-order valence-corrected chi connectivity index (χ2v) is 9.79. The topological polar surface area (TPSA) is 92.8 Å². The number of rotatable bonds is 7. The van der Waals surface area contributed by atoms with Gasteiger partial charge in [0, 0.05) is 6.54 Å². The number of fused-ring (bicyclic) bond motifs is 1. The normalized spacial score (nSPS) is 21.3. The van der Waals surface area contributed by atoms with Gasteiger partial charge >= 0.3 is 0 Å². The standard InChI is InChI=1S/C23H26N2O5S/c1-30-20-12-11-17(15-25-22(26)18-9-5-6-10-19(18)23(25)27)13-21(20)31(28,29)24-14-16-7-3-2-4-8-16/h2-4,7-8,11-13,18-19,24H,5-6,9-10,14-15H2,1H3/t18-,19-/m0/s1. The largest absolute Gasteiger partial charge is 0.495 e. The first-order chi connectivity index (χ1) is 14.9. The monoisotopic (exact) mass is 442 g/mol. The Hall–Kier alpha value is -2.71. The quantitative estimate of drug-likeness (QED) is 0.666. The molecule has 31 heavy (non-hydrogen) atoms. The van der Waals surface area contributed by atoms with Gasteiger partial charge in [-0.2, -0.15) is 0 Å². The van der Waals surface area contributed by atoms with Crippen molar-refractivity contribution >= 4 is 21.8 Å². The fourth-order valence-electron chi connectivity index (χ4n) is 4.45. The fraction of sp³-hybridized carbons (Fsp3) is 0.391. The van der Waals surface area contributed by atoms with Crippen LogP contribution in [0.25, 0.3) is 0 Å². The van der Waals surface area contributed by atoms with Crippen LogP contribution in [0.3, 0.4) is 0 Å². The third-order valence-corrected chi connectivity index (χ3v) is 7.52. The Bertz CT molecular complexity index is 1060. The van der Waals surface area contributed by atoms with Crippen LogP contribution in [0.5, 0.6) is 5.75 Å². The molecule has 2 aliphatic rings. The molecule has 1 N–H and O–H groups in total. The number of ether oxygens (including phenoxy) is 1. The molecule has 4 rings (SSSR count). The molecule has 0 aromatic heterocycles. The minimum atomic E-state index is -3.87. The summed E-state index contributed by atoms with van der Waals surface area (Å²) >= 11 is 0. The highest BCUT2D eigenvalue weighted by atomic mass is 32.2. The van der Waals surface area contributed by atoms with Crippen LogP contribution in [0.4, 0.5) is 0 Å². The molecular formula is C23H26N2O5S. The molecule has 0 spiro atoms. The SMILES string of the molecule is COc1ccc(CN2C(=O)[C@H]3CCCC[C@@H]3C2=O)cc1S(=O)(=O)NCc1ccccc1. The molecule has 0 radical (unpaired) electrons. The Kier molecular flexibility index (Phi) is 6.11. The number of likely N-dealkylation sites (tertiary alicyclic amines) is 1. The van der Waals surface area contributed by atoms with Crippen LogP contribution < -0.4 is 9.46 Å². The van der Waals surface area contributed by atoms with Gasteiger partial charge in [0.25, 0.3) is 0 Å². The van der Waals surface area contributed by atoms with Gasteiger partial charge in [-0.1, -0.05) is 49.2 Å². The molecule has 164 valence electrons. The molecule has 1 aliphatic carbocycles. The fourth-order valence-corrected chi connectivity index (χ4v) is 5.69. The van der Waals surface area contributed by atoms with E-state index in [1.165, 1.54) is 18.1 Å². The van der Waals surface area contributed by atoms with Gasteiger partial charge in [-0.05, 0) is 36.1 Å². The lowest BCUT2D eigenvalue weighted by molar-refractivity contribution is -0.140. The van der Waals surface area contributed by atoms with Crippen molar-refractivity contribution in [1.82, 2.24) is 9.62 Å². The van der Waals surface area contributed by atoms with E-state index in [4.69, 9.17) is 4.74 Å². The van der Waals surface area contributed by atoms with Crippen molar-refractivity contribution < 1.29 is 22.7 Å². The molecule has 1 aliphatic heterocycles. The van der Waals surface area contributed by atoms with Gasteiger partial charge < -0.3 is 4.74 Å². The molecular weight excluding hydrogens is 416 g/mol. The highest BCUT2D eigenvalue weighted by Gasteiger charge is 2.47. The van der Waals surface area contributed by atoms with Crippen molar-refractivity contribution in [2.24, 2.45) is 11.8 Å². The van der Waals surface area contributed by atoms with Gasteiger partial charge in [-0.15, -0.1) is 0 Å². The first-order valence-corrected chi connectivity index (χ1v) is 11.9. The lowest BCUT2D eigenvalue weighted by Crippen LogP contribution is -2.30. The molecule has 2 aromatic carbocycles. The Morgan fingerprint density at radius 1 is 0.968 bits per heavy atom. The van der Waals surface area contributed by atoms with Crippen LogP contribution in [-0.4, -0.2) is 32.2 Å². The van der Waals surface area contributed by atoms with Crippen molar-refractivity contribution in [3.05, 3.63) is 59.7 Å². The first-order valence-electron chi connectivity index (χ1n) is 10.5. The molecule has 1 saturated heterocycles. The predicted molar refractivity (Wildman–Crippen MR) is 114 cm³/mol. The van der Waals surface area contributed by atoms with E-state index in [-0.39, 0.29) is 47.4 Å². The number of sulfonamides is 1. The summed E-state index contributed by atoms with van der Waals surface area (Å²) in [5.41, 5.74) is 1.40. The minimum absolute atomic E-state index is 0.0139. The summed E-state index contributed by atoms with van der Waals surface area (Å²) in [6, 6.07) is 13.9. The third-order valence-electron chi connectivity index (χ3n) is 6.10. The molecule has 2 amide bonds. The zero-order valence-electron chi connectivity index (χ0n) is 17.4. The van der Waals surface area contributed by atoms with Crippen molar-refractivity contribution in [1.29, 1.82) is 0 Å². The molecule has 1 saturated carbocycles. The van der Waals surface area contributed by atoms with E-state index >= 15 is 0 Å². The summed E-state index contributed by atoms with van der Waals surface area (Å²) in [4.78, 5) is 26.8. The van der Waals surface area contributed by atoms with Crippen LogP contribution in [0.15, 0.2) is 53.4 Å². The highest BCUT2D eigenvalue weighted by molar-refractivity contribution is 7.89. The third kappa shape index (κ3) is 4.36. The number of benzene rings is 2. The lowest BCUT2D eigenvalue weighted by Gasteiger charge is -2.19. The summed E-state index contributed by atoms with van der Waals surface area (Å²) in [7, 11) is -2.46. The Morgan fingerprint density at radius 3 is 2.23 bits per heavy atom. The van der Waals surface area contributed by atoms with Crippen LogP contribution in [0.2, 0.25) is 0 Å². The van der Waals surface area contributed by atoms with Crippen molar-refractivity contribution in [3.8, 4) is 5.75 Å². The van der Waals surface area contributed by atoms with Gasteiger partial charge in [0.15, 0.2) is 0 Å². The molecule has 2 aromatic rings. The highest BCUT2D eigenvalue weighted by Crippen LogP contribution is 2.39. The number of methoxy groups -OCH3 is 1. The number of hydrogen-bond donors (Lipinski definition) is 1. The average molecular weight is 443 g/mol. The van der Waals surface area contributed by atoms with E-state index in [2.05, 4.69) is 4.72 Å². The molecule has 0 bridgehead atoms. The van der Waals surface area contributed by atoms with Crippen LogP contribution in [0, 0.1) is 11.8 Å². The summed E-state index contributed by atoms with van der Waals surface area (Å²) in [5.74, 6) is -0.531. The zero-order chi connectivity index (χ0) is 22.0. The summed E-state index contributed by atoms with van der Waals surface area (Å²) < 4.78 is 33.8. The average Bonchev–Trinajstić information content (AvgIpc) is 3.03. The Morgan fingerprint density at radius 2 is 1.61 bits per heavy atom. The second kappa shape index (κ2) is 8.80. The number of amides is 2. The maximum atomic E-state index is 13.0. The van der Waals surface area contributed by atoms with E-state index in [1.54, 1.807) is 12.1 Å². The maximum Gasteiger partial charge on any atom is 0.244 e. The lowest BCUT2D eigenvalue weighted by atomic mass is 9.81. The van der Waals surface area contributed by atoms with E-state index in [1.807, 2.05) is 30.3 Å². The minimum Gasteiger partial charge on any atom is -0.495 e. The molecule has 0 unspecified atom stereocenters. The first kappa shape index (κ1) is 21.5. The van der Waals surface area contributed by atoms with Crippen molar-refractivity contribution in [2.75, 3.05) is 7.11 Å². The number of nitrogens with one attached hydrogen (secondary N) is 1. The summed E-state index contributed by atoms with van der Waals surface area (Å²) in [5, 5.41) is 0. The van der Waals surface area contributed by atoms with Crippen molar-refractivity contribution in [3.63, 3.8) is 0 Å². The summed E-state index contributed by atoms with van der Waals surface area (Å²) in [6.45, 7) is 0.207. The second-order valence-electron chi connectivity index (χ2n) is 8.06. The Balaban J connectivity index is 1.56. The number of carbonyl (C=O) groups excluding carboxylic acids is 2. The number of carbonyl (C=O) groups is 2. The number of imide groups is 1. The van der Waals surface area contributed by atoms with E-state index in [9.17, 15) is 18.0 Å². The van der Waals surface area contributed by atoms with Crippen LogP contribution in [0.1, 0.15) is 36.8 Å². The Labute approximate surface area is 182 Å². The number of hydrogen-bond acceptors (Lipinski definition) is 5. The van der Waals surface area contributed by atoms with E-state index in [0.29, 0.717) is 5.56 Å². The predicted octanol–water partition coefficient (Wildman–Crippen LogP) is 2.85. The number of nitrogens with zero attached hydrogens (tertiary/aromatic N) is 1. The van der Waals surface area contributed by atoms with Crippen LogP contribution >= 0.6 is 0 Å². The van der Waals surface area contributed by atoms with Crippen LogP contribution in [-0.2, 0) is 32.7 Å². The molecule has 1 heterocycles. The summed E-state index contributed by atoms with van der Waals surface area (Å²) in [6.07, 6.45) is 3.42.